The lowest BCUT2D eigenvalue weighted by Crippen LogP contribution is -2.34. The summed E-state index contributed by atoms with van der Waals surface area (Å²) in [6, 6.07) is 8.96. The Morgan fingerprint density at radius 2 is 1.96 bits per heavy atom. The van der Waals surface area contributed by atoms with Crippen LogP contribution in [0.4, 0.5) is 0 Å². The van der Waals surface area contributed by atoms with Crippen molar-refractivity contribution in [3.8, 4) is 0 Å². The largest absolute Gasteiger partial charge is 0.459 e. The van der Waals surface area contributed by atoms with Crippen molar-refractivity contribution in [2.24, 2.45) is 0 Å². The highest BCUT2D eigenvalue weighted by Gasteiger charge is 2.14. The molecule has 0 aliphatic heterocycles. The van der Waals surface area contributed by atoms with Crippen LogP contribution in [0, 0.1) is 6.92 Å². The molecule has 2 heterocycles. The van der Waals surface area contributed by atoms with E-state index in [0.717, 1.165) is 16.5 Å². The Labute approximate surface area is 132 Å². The summed E-state index contributed by atoms with van der Waals surface area (Å²) in [4.78, 5) is 23.8. The molecule has 0 saturated carbocycles. The molecule has 1 aromatic carbocycles. The van der Waals surface area contributed by atoms with Crippen molar-refractivity contribution < 1.29 is 14.0 Å². The molecule has 2 aromatic heterocycles. The number of amides is 2. The number of carbonyl (C=O) groups excluding carboxylic acids is 2. The molecule has 0 atom stereocenters. The molecule has 0 aliphatic carbocycles. The Bertz CT molecular complexity index is 836. The Kier molecular flexibility index (Phi) is 4.09. The highest BCUT2D eigenvalue weighted by Crippen LogP contribution is 2.17. The number of aromatic amines is 1. The summed E-state index contributed by atoms with van der Waals surface area (Å²) in [5.41, 5.74) is 2.21. The molecule has 3 aromatic rings. The number of nitrogens with zero attached hydrogens (tertiary/aromatic N) is 1. The van der Waals surface area contributed by atoms with Gasteiger partial charge in [-0.2, -0.15) is 5.10 Å². The fourth-order valence-electron chi connectivity index (χ4n) is 2.23. The third-order valence-corrected chi connectivity index (χ3v) is 3.37. The quantitative estimate of drug-likeness (QED) is 0.623. The van der Waals surface area contributed by atoms with Crippen molar-refractivity contribution in [3.63, 3.8) is 0 Å². The number of nitrogens with one attached hydrogen (secondary N) is 3. The first-order chi connectivity index (χ1) is 11.1. The fourth-order valence-corrected chi connectivity index (χ4v) is 2.23. The third kappa shape index (κ3) is 3.23. The first-order valence-corrected chi connectivity index (χ1v) is 7.20. The van der Waals surface area contributed by atoms with Crippen molar-refractivity contribution in [2.45, 2.75) is 6.92 Å². The maximum absolute atomic E-state index is 12.2. The second kappa shape index (κ2) is 6.35. The number of hydrogen-bond donors (Lipinski definition) is 3. The van der Waals surface area contributed by atoms with E-state index < -0.39 is 0 Å². The second-order valence-electron chi connectivity index (χ2n) is 5.11. The van der Waals surface area contributed by atoms with Gasteiger partial charge in [-0.1, -0.05) is 11.6 Å². The minimum Gasteiger partial charge on any atom is -0.459 e. The van der Waals surface area contributed by atoms with Gasteiger partial charge in [0.2, 0.25) is 0 Å². The van der Waals surface area contributed by atoms with Crippen molar-refractivity contribution in [1.82, 2.24) is 20.8 Å². The molecule has 0 aliphatic rings. The van der Waals surface area contributed by atoms with Gasteiger partial charge in [0.25, 0.3) is 11.8 Å². The molecule has 3 N–H and O–H groups in total. The molecule has 0 unspecified atom stereocenters. The summed E-state index contributed by atoms with van der Waals surface area (Å²) in [6.45, 7) is 2.55. The van der Waals surface area contributed by atoms with Gasteiger partial charge in [-0.3, -0.25) is 14.7 Å². The molecule has 0 fully saturated rings. The summed E-state index contributed by atoms with van der Waals surface area (Å²) in [5, 5.41) is 13.0. The number of benzene rings is 1. The van der Waals surface area contributed by atoms with E-state index in [0.29, 0.717) is 18.8 Å². The monoisotopic (exact) mass is 312 g/mol. The van der Waals surface area contributed by atoms with E-state index in [1.54, 1.807) is 12.1 Å². The first kappa shape index (κ1) is 14.8. The molecular formula is C16H16N4O3. The molecule has 118 valence electrons. The van der Waals surface area contributed by atoms with Crippen molar-refractivity contribution in [3.05, 3.63) is 53.6 Å². The van der Waals surface area contributed by atoms with Crippen LogP contribution in [0.25, 0.3) is 10.9 Å². The normalized spacial score (nSPS) is 10.7. The van der Waals surface area contributed by atoms with Gasteiger partial charge in [0, 0.05) is 18.5 Å². The number of furan rings is 1. The van der Waals surface area contributed by atoms with E-state index >= 15 is 0 Å². The lowest BCUT2D eigenvalue weighted by atomic mass is 10.1. The van der Waals surface area contributed by atoms with Crippen LogP contribution in [0.5, 0.6) is 0 Å². The Morgan fingerprint density at radius 1 is 1.17 bits per heavy atom. The van der Waals surface area contributed by atoms with Crippen LogP contribution in [-0.2, 0) is 0 Å². The Balaban J connectivity index is 1.55. The van der Waals surface area contributed by atoms with Gasteiger partial charge in [0.05, 0.1) is 11.8 Å². The highest BCUT2D eigenvalue weighted by atomic mass is 16.3. The van der Waals surface area contributed by atoms with Gasteiger partial charge in [0.15, 0.2) is 11.5 Å². The van der Waals surface area contributed by atoms with Crippen LogP contribution in [0.15, 0.2) is 41.0 Å². The topological polar surface area (TPSA) is 100 Å². The van der Waals surface area contributed by atoms with E-state index in [9.17, 15) is 9.59 Å². The zero-order valence-corrected chi connectivity index (χ0v) is 12.6. The van der Waals surface area contributed by atoms with Crippen LogP contribution in [0.2, 0.25) is 0 Å². The molecular weight excluding hydrogens is 296 g/mol. The Hall–Kier alpha value is -3.09. The summed E-state index contributed by atoms with van der Waals surface area (Å²) in [7, 11) is 0. The van der Waals surface area contributed by atoms with Crippen LogP contribution < -0.4 is 10.6 Å². The van der Waals surface area contributed by atoms with Gasteiger partial charge in [0.1, 0.15) is 0 Å². The molecule has 0 saturated heterocycles. The van der Waals surface area contributed by atoms with Crippen LogP contribution in [0.3, 0.4) is 0 Å². The van der Waals surface area contributed by atoms with E-state index in [1.807, 2.05) is 25.1 Å². The van der Waals surface area contributed by atoms with Crippen LogP contribution in [0.1, 0.15) is 26.6 Å². The minimum atomic E-state index is -0.315. The number of H-pyrrole nitrogens is 1. The molecule has 7 heteroatoms. The summed E-state index contributed by atoms with van der Waals surface area (Å²) in [5.74, 6) is -0.357. The molecule has 0 spiro atoms. The number of hydrogen-bond acceptors (Lipinski definition) is 4. The molecule has 3 rings (SSSR count). The second-order valence-corrected chi connectivity index (χ2v) is 5.11. The van der Waals surface area contributed by atoms with Crippen molar-refractivity contribution >= 4 is 22.7 Å². The smallest absolute Gasteiger partial charge is 0.287 e. The Morgan fingerprint density at radius 3 is 2.70 bits per heavy atom. The third-order valence-electron chi connectivity index (χ3n) is 3.37. The molecule has 23 heavy (non-hydrogen) atoms. The van der Waals surface area contributed by atoms with E-state index in [4.69, 9.17) is 4.42 Å². The van der Waals surface area contributed by atoms with E-state index in [2.05, 4.69) is 20.8 Å². The van der Waals surface area contributed by atoms with Crippen molar-refractivity contribution in [1.29, 1.82) is 0 Å². The number of aromatic nitrogens is 2. The average Bonchev–Trinajstić information content (AvgIpc) is 3.20. The standard InChI is InChI=1S/C16H16N4O3/c1-10-4-5-12-11(9-10)14(20-19-12)16(22)18-7-6-17-15(21)13-3-2-8-23-13/h2-5,8-9H,6-7H2,1H3,(H,17,21)(H,18,22)(H,19,20). The number of aryl methyl sites for hydroxylation is 1. The van der Waals surface area contributed by atoms with Gasteiger partial charge in [-0.15, -0.1) is 0 Å². The summed E-state index contributed by atoms with van der Waals surface area (Å²) < 4.78 is 4.98. The van der Waals surface area contributed by atoms with Gasteiger partial charge < -0.3 is 15.1 Å². The van der Waals surface area contributed by atoms with E-state index in [-0.39, 0.29) is 17.6 Å². The van der Waals surface area contributed by atoms with Crippen LogP contribution >= 0.6 is 0 Å². The fraction of sp³-hybridized carbons (Fsp3) is 0.188. The maximum atomic E-state index is 12.2. The zero-order chi connectivity index (χ0) is 16.2. The molecule has 0 bridgehead atoms. The highest BCUT2D eigenvalue weighted by molar-refractivity contribution is 6.04. The minimum absolute atomic E-state index is 0.241. The predicted octanol–water partition coefficient (Wildman–Crippen LogP) is 1.62. The van der Waals surface area contributed by atoms with Crippen molar-refractivity contribution in [2.75, 3.05) is 13.1 Å². The van der Waals surface area contributed by atoms with Gasteiger partial charge >= 0.3 is 0 Å². The first-order valence-electron chi connectivity index (χ1n) is 7.20. The summed E-state index contributed by atoms with van der Waals surface area (Å²) >= 11 is 0. The molecule has 0 radical (unpaired) electrons. The molecule has 7 nitrogen and oxygen atoms in total. The maximum Gasteiger partial charge on any atom is 0.287 e. The average molecular weight is 312 g/mol. The number of carbonyl (C=O) groups is 2. The zero-order valence-electron chi connectivity index (χ0n) is 12.6. The number of fused-ring (bicyclic) bond motifs is 1. The number of rotatable bonds is 5. The predicted molar refractivity (Wildman–Crippen MR) is 84.2 cm³/mol. The lowest BCUT2D eigenvalue weighted by molar-refractivity contribution is 0.0909. The van der Waals surface area contributed by atoms with E-state index in [1.165, 1.54) is 6.26 Å². The molecule has 2 amide bonds. The lowest BCUT2D eigenvalue weighted by Gasteiger charge is -2.05. The van der Waals surface area contributed by atoms with Gasteiger partial charge in [-0.25, -0.2) is 0 Å². The SMILES string of the molecule is Cc1ccc2[nH]nc(C(=O)NCCNC(=O)c3ccco3)c2c1. The van der Waals surface area contributed by atoms with Gasteiger partial charge in [-0.05, 0) is 31.2 Å². The summed E-state index contributed by atoms with van der Waals surface area (Å²) in [6.07, 6.45) is 1.43. The van der Waals surface area contributed by atoms with Crippen LogP contribution in [-0.4, -0.2) is 35.1 Å².